The monoisotopic (exact) mass is 269 g/mol. The number of rotatable bonds is 2. The largest absolute Gasteiger partial charge is 0.325 e. The second kappa shape index (κ2) is 5.09. The van der Waals surface area contributed by atoms with E-state index < -0.39 is 0 Å². The van der Waals surface area contributed by atoms with Crippen LogP contribution in [-0.2, 0) is 6.42 Å². The van der Waals surface area contributed by atoms with Crippen LogP contribution in [0.25, 0.3) is 0 Å². The lowest BCUT2D eigenvalue weighted by Gasteiger charge is -2.34. The van der Waals surface area contributed by atoms with E-state index in [-0.39, 0.29) is 0 Å². The van der Waals surface area contributed by atoms with E-state index >= 15 is 0 Å². The van der Waals surface area contributed by atoms with Gasteiger partial charge in [-0.25, -0.2) is 15.8 Å². The van der Waals surface area contributed by atoms with Crippen LogP contribution in [0, 0.1) is 12.8 Å². The first kappa shape index (κ1) is 12.9. The molecule has 3 N–H and O–H groups in total. The summed E-state index contributed by atoms with van der Waals surface area (Å²) < 4.78 is 0. The normalized spacial score (nSPS) is 17.8. The Hall–Kier alpha value is -2.14. The zero-order valence-corrected chi connectivity index (χ0v) is 11.8. The van der Waals surface area contributed by atoms with Gasteiger partial charge >= 0.3 is 0 Å². The molecule has 0 spiro atoms. The number of hydrogen-bond acceptors (Lipinski definition) is 5. The molecule has 1 unspecified atom stereocenters. The van der Waals surface area contributed by atoms with Gasteiger partial charge < -0.3 is 10.3 Å². The number of nitrogens with two attached hydrogens (primary N) is 1. The molecule has 0 amide bonds. The highest BCUT2D eigenvalue weighted by Crippen LogP contribution is 2.36. The van der Waals surface area contributed by atoms with E-state index in [1.807, 2.05) is 6.92 Å². The molecule has 5 nitrogen and oxygen atoms in total. The third kappa shape index (κ3) is 2.10. The molecule has 1 aliphatic rings. The van der Waals surface area contributed by atoms with Gasteiger partial charge in [0.1, 0.15) is 18.0 Å². The lowest BCUT2D eigenvalue weighted by molar-refractivity contribution is 0.559. The van der Waals surface area contributed by atoms with Crippen LogP contribution in [0.3, 0.4) is 0 Å². The number of nitrogens with one attached hydrogen (secondary N) is 1. The smallest absolute Gasteiger partial charge is 0.148 e. The van der Waals surface area contributed by atoms with Crippen LogP contribution < -0.4 is 16.2 Å². The molecule has 2 heterocycles. The van der Waals surface area contributed by atoms with Gasteiger partial charge in [-0.3, -0.25) is 0 Å². The molecule has 5 heteroatoms. The highest BCUT2D eigenvalue weighted by molar-refractivity contribution is 5.70. The highest BCUT2D eigenvalue weighted by Gasteiger charge is 2.25. The van der Waals surface area contributed by atoms with E-state index in [1.165, 1.54) is 11.3 Å². The summed E-state index contributed by atoms with van der Waals surface area (Å²) in [7, 11) is 0. The molecule has 0 aliphatic carbocycles. The maximum atomic E-state index is 5.51. The van der Waals surface area contributed by atoms with Crippen LogP contribution >= 0.6 is 0 Å². The summed E-state index contributed by atoms with van der Waals surface area (Å²) in [6.45, 7) is 5.22. The summed E-state index contributed by atoms with van der Waals surface area (Å²) in [5, 5.41) is 0. The lowest BCUT2D eigenvalue weighted by atomic mass is 9.93. The highest BCUT2D eigenvalue weighted by atomic mass is 15.3. The third-order valence-corrected chi connectivity index (χ3v) is 3.79. The van der Waals surface area contributed by atoms with Gasteiger partial charge in [0.2, 0.25) is 0 Å². The van der Waals surface area contributed by atoms with E-state index in [9.17, 15) is 0 Å². The molecule has 0 saturated carbocycles. The lowest BCUT2D eigenvalue weighted by Crippen LogP contribution is -2.31. The molecule has 1 aliphatic heterocycles. The Morgan fingerprint density at radius 2 is 2.10 bits per heavy atom. The van der Waals surface area contributed by atoms with E-state index in [2.05, 4.69) is 51.5 Å². The van der Waals surface area contributed by atoms with Gasteiger partial charge in [0, 0.05) is 17.8 Å². The Labute approximate surface area is 118 Å². The number of hydrogen-bond donors (Lipinski definition) is 2. The molecule has 3 rings (SSSR count). The summed E-state index contributed by atoms with van der Waals surface area (Å²) in [5.74, 6) is 7.70. The molecule has 1 atom stereocenters. The Kier molecular flexibility index (Phi) is 3.28. The first-order valence-electron chi connectivity index (χ1n) is 6.84. The van der Waals surface area contributed by atoms with Crippen LogP contribution in [0.5, 0.6) is 0 Å². The van der Waals surface area contributed by atoms with Crippen molar-refractivity contribution >= 4 is 17.3 Å². The van der Waals surface area contributed by atoms with Gasteiger partial charge in [0.15, 0.2) is 0 Å². The van der Waals surface area contributed by atoms with E-state index in [0.717, 1.165) is 24.3 Å². The number of aromatic nitrogens is 2. The average molecular weight is 269 g/mol. The van der Waals surface area contributed by atoms with Gasteiger partial charge in [0.25, 0.3) is 0 Å². The van der Waals surface area contributed by atoms with Crippen molar-refractivity contribution < 1.29 is 0 Å². The molecule has 2 aromatic rings. The van der Waals surface area contributed by atoms with E-state index in [0.29, 0.717) is 11.7 Å². The van der Waals surface area contributed by atoms with Crippen molar-refractivity contribution in [1.82, 2.24) is 9.97 Å². The van der Waals surface area contributed by atoms with Gasteiger partial charge in [0.05, 0.1) is 0 Å². The predicted molar refractivity (Wildman–Crippen MR) is 80.9 cm³/mol. The van der Waals surface area contributed by atoms with Crippen molar-refractivity contribution in [3.63, 3.8) is 0 Å². The van der Waals surface area contributed by atoms with Crippen LogP contribution in [0.1, 0.15) is 18.1 Å². The zero-order valence-electron chi connectivity index (χ0n) is 11.8. The Morgan fingerprint density at radius 3 is 2.90 bits per heavy atom. The summed E-state index contributed by atoms with van der Waals surface area (Å²) in [5.41, 5.74) is 6.20. The number of nitrogen functional groups attached to an aromatic ring is 1. The fourth-order valence-corrected chi connectivity index (χ4v) is 2.86. The molecule has 1 aromatic heterocycles. The maximum Gasteiger partial charge on any atom is 0.148 e. The Balaban J connectivity index is 2.11. The van der Waals surface area contributed by atoms with Gasteiger partial charge in [-0.05, 0) is 30.9 Å². The van der Waals surface area contributed by atoms with Crippen molar-refractivity contribution in [3.8, 4) is 0 Å². The molecule has 104 valence electrons. The third-order valence-electron chi connectivity index (χ3n) is 3.79. The summed E-state index contributed by atoms with van der Waals surface area (Å²) in [4.78, 5) is 10.9. The van der Waals surface area contributed by atoms with E-state index in [1.54, 1.807) is 6.33 Å². The average Bonchev–Trinajstić information content (AvgIpc) is 2.46. The zero-order chi connectivity index (χ0) is 14.1. The molecular weight excluding hydrogens is 250 g/mol. The minimum absolute atomic E-state index is 0.591. The second-order valence-corrected chi connectivity index (χ2v) is 5.36. The minimum atomic E-state index is 0.591. The van der Waals surface area contributed by atoms with Gasteiger partial charge in [-0.1, -0.05) is 25.1 Å². The second-order valence-electron chi connectivity index (χ2n) is 5.36. The topological polar surface area (TPSA) is 67.1 Å². The fourth-order valence-electron chi connectivity index (χ4n) is 2.86. The molecule has 0 fully saturated rings. The molecule has 20 heavy (non-hydrogen) atoms. The summed E-state index contributed by atoms with van der Waals surface area (Å²) in [6, 6.07) is 8.50. The number of benzene rings is 1. The standard InChI is InChI=1S/C15H19N5/c1-10-7-12-5-3-4-6-13(12)20(8-10)15-11(2)14(19-16)17-9-18-15/h3-6,9-10H,7-8,16H2,1-2H3,(H,17,18,19). The Morgan fingerprint density at radius 1 is 1.30 bits per heavy atom. The number of hydrazine groups is 1. The van der Waals surface area contributed by atoms with Crippen molar-refractivity contribution in [2.24, 2.45) is 11.8 Å². The number of para-hydroxylation sites is 1. The number of anilines is 3. The first-order valence-corrected chi connectivity index (χ1v) is 6.84. The van der Waals surface area contributed by atoms with E-state index in [4.69, 9.17) is 5.84 Å². The maximum absolute atomic E-state index is 5.51. The summed E-state index contributed by atoms with van der Waals surface area (Å²) in [6.07, 6.45) is 2.66. The van der Waals surface area contributed by atoms with Crippen molar-refractivity contribution in [1.29, 1.82) is 0 Å². The van der Waals surface area contributed by atoms with Crippen molar-refractivity contribution in [2.45, 2.75) is 20.3 Å². The molecular formula is C15H19N5. The molecule has 0 bridgehead atoms. The molecule has 0 saturated heterocycles. The molecule has 0 radical (unpaired) electrons. The minimum Gasteiger partial charge on any atom is -0.325 e. The fraction of sp³-hybridized carbons (Fsp3) is 0.333. The van der Waals surface area contributed by atoms with Gasteiger partial charge in [-0.15, -0.1) is 0 Å². The van der Waals surface area contributed by atoms with Crippen LogP contribution in [0.4, 0.5) is 17.3 Å². The van der Waals surface area contributed by atoms with Crippen LogP contribution in [0.15, 0.2) is 30.6 Å². The predicted octanol–water partition coefficient (Wildman–Crippen LogP) is 2.40. The molecule has 1 aromatic carbocycles. The SMILES string of the molecule is Cc1c(NN)ncnc1N1CC(C)Cc2ccccc21. The number of nitrogens with zero attached hydrogens (tertiary/aromatic N) is 3. The van der Waals surface area contributed by atoms with Crippen LogP contribution in [-0.4, -0.2) is 16.5 Å². The van der Waals surface area contributed by atoms with Crippen LogP contribution in [0.2, 0.25) is 0 Å². The Bertz CT molecular complexity index is 625. The quantitative estimate of drug-likeness (QED) is 0.647. The summed E-state index contributed by atoms with van der Waals surface area (Å²) >= 11 is 0. The number of fused-ring (bicyclic) bond motifs is 1. The van der Waals surface area contributed by atoms with Crippen molar-refractivity contribution in [3.05, 3.63) is 41.7 Å². The van der Waals surface area contributed by atoms with Gasteiger partial charge in [-0.2, -0.15) is 0 Å². The van der Waals surface area contributed by atoms with Crippen molar-refractivity contribution in [2.75, 3.05) is 16.9 Å². The first-order chi connectivity index (χ1) is 9.70.